The first-order chi connectivity index (χ1) is 8.65. The van der Waals surface area contributed by atoms with Crippen molar-refractivity contribution in [2.45, 2.75) is 13.0 Å². The van der Waals surface area contributed by atoms with Crippen molar-refractivity contribution in [3.05, 3.63) is 65.0 Å². The highest BCUT2D eigenvalue weighted by Gasteiger charge is 2.19. The highest BCUT2D eigenvalue weighted by molar-refractivity contribution is 5.35. The van der Waals surface area contributed by atoms with E-state index in [0.717, 1.165) is 6.20 Å². The molecule has 1 N–H and O–H groups in total. The van der Waals surface area contributed by atoms with Gasteiger partial charge in [-0.15, -0.1) is 0 Å². The normalized spacial score (nSPS) is 12.4. The molecule has 0 spiro atoms. The van der Waals surface area contributed by atoms with E-state index in [0.29, 0.717) is 16.7 Å². The van der Waals surface area contributed by atoms with E-state index < -0.39 is 11.9 Å². The zero-order chi connectivity index (χ0) is 13.1. The van der Waals surface area contributed by atoms with Gasteiger partial charge < -0.3 is 5.32 Å². The fraction of sp³-hybridized carbons (Fsp3) is 0.214. The summed E-state index contributed by atoms with van der Waals surface area (Å²) < 4.78 is 27.8. The summed E-state index contributed by atoms with van der Waals surface area (Å²) in [6, 6.07) is 6.14. The Bertz CT molecular complexity index is 555. The van der Waals surface area contributed by atoms with Gasteiger partial charge in [-0.25, -0.2) is 8.78 Å². The molecule has 0 aliphatic heterocycles. The molecular weight excluding hydrogens is 234 g/mol. The van der Waals surface area contributed by atoms with E-state index in [9.17, 15) is 8.78 Å². The Morgan fingerprint density at radius 1 is 1.17 bits per heavy atom. The molecule has 0 saturated carbocycles. The summed E-state index contributed by atoms with van der Waals surface area (Å²) in [5.74, 6) is -0.759. The van der Waals surface area contributed by atoms with Crippen LogP contribution in [0.1, 0.15) is 22.7 Å². The molecule has 2 aromatic rings. The molecule has 1 atom stereocenters. The maximum absolute atomic E-state index is 14.1. The van der Waals surface area contributed by atoms with E-state index in [1.54, 1.807) is 38.2 Å². The molecular formula is C14H14F2N2. The second kappa shape index (κ2) is 5.23. The standard InChI is InChI=1S/C14H14F2N2/c1-9-4-3-5-11(13(9)16)14(17-2)10-6-7-18-8-12(10)15/h3-8,14,17H,1-2H3. The molecule has 4 heteroatoms. The first-order valence-electron chi connectivity index (χ1n) is 5.67. The molecule has 0 amide bonds. The third kappa shape index (κ3) is 2.24. The molecule has 18 heavy (non-hydrogen) atoms. The zero-order valence-electron chi connectivity index (χ0n) is 10.2. The number of halogens is 2. The van der Waals surface area contributed by atoms with Crippen LogP contribution in [0.3, 0.4) is 0 Å². The van der Waals surface area contributed by atoms with Gasteiger partial charge in [0.2, 0.25) is 0 Å². The van der Waals surface area contributed by atoms with Crippen molar-refractivity contribution in [1.29, 1.82) is 0 Å². The fourth-order valence-corrected chi connectivity index (χ4v) is 1.99. The Labute approximate surface area is 105 Å². The van der Waals surface area contributed by atoms with Crippen LogP contribution in [0, 0.1) is 18.6 Å². The minimum Gasteiger partial charge on any atom is -0.309 e. The van der Waals surface area contributed by atoms with Crippen molar-refractivity contribution >= 4 is 0 Å². The number of aryl methyl sites for hydroxylation is 1. The number of nitrogens with zero attached hydrogens (tertiary/aromatic N) is 1. The minimum absolute atomic E-state index is 0.312. The quantitative estimate of drug-likeness (QED) is 0.903. The monoisotopic (exact) mass is 248 g/mol. The number of pyridine rings is 1. The number of aromatic nitrogens is 1. The predicted molar refractivity (Wildman–Crippen MR) is 66.2 cm³/mol. The van der Waals surface area contributed by atoms with E-state index in [4.69, 9.17) is 0 Å². The average Bonchev–Trinajstić information content (AvgIpc) is 2.37. The third-order valence-corrected chi connectivity index (χ3v) is 2.94. The summed E-state index contributed by atoms with van der Waals surface area (Å²) in [6.45, 7) is 1.69. The van der Waals surface area contributed by atoms with E-state index in [1.807, 2.05) is 0 Å². The molecule has 1 unspecified atom stereocenters. The van der Waals surface area contributed by atoms with E-state index in [2.05, 4.69) is 10.3 Å². The second-order valence-electron chi connectivity index (χ2n) is 4.10. The number of hydrogen-bond donors (Lipinski definition) is 1. The lowest BCUT2D eigenvalue weighted by Gasteiger charge is -2.19. The van der Waals surface area contributed by atoms with Gasteiger partial charge in [-0.2, -0.15) is 0 Å². The molecule has 94 valence electrons. The van der Waals surface area contributed by atoms with Gasteiger partial charge in [0.15, 0.2) is 0 Å². The van der Waals surface area contributed by atoms with Crippen molar-refractivity contribution in [1.82, 2.24) is 10.3 Å². The molecule has 1 heterocycles. The van der Waals surface area contributed by atoms with E-state index in [1.165, 1.54) is 6.20 Å². The third-order valence-electron chi connectivity index (χ3n) is 2.94. The summed E-state index contributed by atoms with van der Waals surface area (Å²) in [5.41, 5.74) is 1.36. The lowest BCUT2D eigenvalue weighted by atomic mass is 9.97. The van der Waals surface area contributed by atoms with Crippen molar-refractivity contribution in [2.75, 3.05) is 7.05 Å². The van der Waals surface area contributed by atoms with Gasteiger partial charge in [-0.3, -0.25) is 4.98 Å². The molecule has 1 aromatic heterocycles. The first kappa shape index (κ1) is 12.6. The van der Waals surface area contributed by atoms with Crippen LogP contribution in [0.15, 0.2) is 36.7 Å². The Morgan fingerprint density at radius 3 is 2.61 bits per heavy atom. The predicted octanol–water partition coefficient (Wildman–Crippen LogP) is 2.98. The van der Waals surface area contributed by atoms with Crippen molar-refractivity contribution in [3.8, 4) is 0 Å². The molecule has 0 bridgehead atoms. The molecule has 0 fully saturated rings. The number of rotatable bonds is 3. The van der Waals surface area contributed by atoms with Crippen molar-refractivity contribution in [2.24, 2.45) is 0 Å². The van der Waals surface area contributed by atoms with Gasteiger partial charge in [-0.05, 0) is 25.6 Å². The topological polar surface area (TPSA) is 24.9 Å². The average molecular weight is 248 g/mol. The van der Waals surface area contributed by atoms with Crippen LogP contribution < -0.4 is 5.32 Å². The Balaban J connectivity index is 2.53. The Hall–Kier alpha value is -1.81. The molecule has 2 nitrogen and oxygen atoms in total. The summed E-state index contributed by atoms with van der Waals surface area (Å²) in [5, 5.41) is 2.94. The van der Waals surface area contributed by atoms with Crippen LogP contribution in [0.4, 0.5) is 8.78 Å². The van der Waals surface area contributed by atoms with Crippen molar-refractivity contribution < 1.29 is 8.78 Å². The maximum Gasteiger partial charge on any atom is 0.146 e. The number of benzene rings is 1. The molecule has 0 saturated heterocycles. The maximum atomic E-state index is 14.1. The highest BCUT2D eigenvalue weighted by Crippen LogP contribution is 2.26. The molecule has 1 aromatic carbocycles. The van der Waals surface area contributed by atoms with Gasteiger partial charge in [0.25, 0.3) is 0 Å². The van der Waals surface area contributed by atoms with Crippen LogP contribution in [0.5, 0.6) is 0 Å². The SMILES string of the molecule is CNC(c1ccncc1F)c1cccc(C)c1F. The van der Waals surface area contributed by atoms with E-state index >= 15 is 0 Å². The molecule has 2 rings (SSSR count). The van der Waals surface area contributed by atoms with Gasteiger partial charge in [-0.1, -0.05) is 18.2 Å². The highest BCUT2D eigenvalue weighted by atomic mass is 19.1. The lowest BCUT2D eigenvalue weighted by molar-refractivity contribution is 0.540. The van der Waals surface area contributed by atoms with Crippen LogP contribution in [0.2, 0.25) is 0 Å². The molecule has 0 aliphatic carbocycles. The van der Waals surface area contributed by atoms with Crippen LogP contribution in [-0.4, -0.2) is 12.0 Å². The Morgan fingerprint density at radius 2 is 1.94 bits per heavy atom. The zero-order valence-corrected chi connectivity index (χ0v) is 10.2. The van der Waals surface area contributed by atoms with Gasteiger partial charge in [0, 0.05) is 17.3 Å². The number of nitrogens with one attached hydrogen (secondary N) is 1. The summed E-state index contributed by atoms with van der Waals surface area (Å²) in [7, 11) is 1.67. The van der Waals surface area contributed by atoms with E-state index in [-0.39, 0.29) is 5.82 Å². The largest absolute Gasteiger partial charge is 0.309 e. The molecule has 0 aliphatic rings. The van der Waals surface area contributed by atoms with Crippen LogP contribution in [0.25, 0.3) is 0 Å². The van der Waals surface area contributed by atoms with Crippen LogP contribution >= 0.6 is 0 Å². The minimum atomic E-state index is -0.520. The summed E-state index contributed by atoms with van der Waals surface area (Å²) in [4.78, 5) is 3.70. The summed E-state index contributed by atoms with van der Waals surface area (Å²) >= 11 is 0. The lowest BCUT2D eigenvalue weighted by Crippen LogP contribution is -2.20. The first-order valence-corrected chi connectivity index (χ1v) is 5.67. The summed E-state index contributed by atoms with van der Waals surface area (Å²) in [6.07, 6.45) is 2.63. The van der Waals surface area contributed by atoms with Crippen LogP contribution in [-0.2, 0) is 0 Å². The Kier molecular flexibility index (Phi) is 3.67. The number of hydrogen-bond acceptors (Lipinski definition) is 2. The van der Waals surface area contributed by atoms with Gasteiger partial charge in [0.1, 0.15) is 11.6 Å². The van der Waals surface area contributed by atoms with Gasteiger partial charge in [0.05, 0.1) is 12.2 Å². The molecule has 0 radical (unpaired) electrons. The van der Waals surface area contributed by atoms with Gasteiger partial charge >= 0.3 is 0 Å². The van der Waals surface area contributed by atoms with Crippen molar-refractivity contribution in [3.63, 3.8) is 0 Å². The smallest absolute Gasteiger partial charge is 0.146 e. The fourth-order valence-electron chi connectivity index (χ4n) is 1.99. The second-order valence-corrected chi connectivity index (χ2v) is 4.10.